The number of rotatable bonds is 6. The number of methoxy groups -OCH3 is 2. The molecule has 2 aromatic rings. The third-order valence-corrected chi connectivity index (χ3v) is 5.51. The summed E-state index contributed by atoms with van der Waals surface area (Å²) in [7, 11) is 2.68. The Morgan fingerprint density at radius 3 is 2.33 bits per heavy atom. The first-order valence-corrected chi connectivity index (χ1v) is 10.7. The molecule has 1 unspecified atom stereocenters. The molecule has 1 heterocycles. The summed E-state index contributed by atoms with van der Waals surface area (Å²) in [5.74, 6) is -1.07. The molecule has 8 nitrogen and oxygen atoms in total. The highest BCUT2D eigenvalue weighted by Gasteiger charge is 2.35. The summed E-state index contributed by atoms with van der Waals surface area (Å²) in [6.07, 6.45) is 0. The summed E-state index contributed by atoms with van der Waals surface area (Å²) in [6, 6.07) is 7.86. The van der Waals surface area contributed by atoms with Crippen molar-refractivity contribution in [3.05, 3.63) is 68.8 Å². The molecule has 0 radical (unpaired) electrons. The predicted octanol–water partition coefficient (Wildman–Crippen LogP) is 4.66. The molecule has 1 atom stereocenters. The predicted molar refractivity (Wildman–Crippen MR) is 123 cm³/mol. The van der Waals surface area contributed by atoms with Gasteiger partial charge in [-0.1, -0.05) is 43.1 Å². The van der Waals surface area contributed by atoms with Gasteiger partial charge in [-0.05, 0) is 41.8 Å². The second-order valence-electron chi connectivity index (χ2n) is 7.43. The van der Waals surface area contributed by atoms with Crippen LogP contribution in [0.5, 0.6) is 11.5 Å². The summed E-state index contributed by atoms with van der Waals surface area (Å²) in [5, 5.41) is 5.95. The largest absolute Gasteiger partial charge is 0.493 e. The van der Waals surface area contributed by atoms with Crippen LogP contribution in [0, 0.1) is 5.92 Å². The number of nitrogens with one attached hydrogen (secondary N) is 2. The van der Waals surface area contributed by atoms with Crippen LogP contribution in [-0.2, 0) is 9.53 Å². The van der Waals surface area contributed by atoms with Crippen LogP contribution in [0.1, 0.15) is 35.8 Å². The summed E-state index contributed by atoms with van der Waals surface area (Å²) >= 11 is 12.0. The highest BCUT2D eigenvalue weighted by molar-refractivity contribution is 6.36. The lowest BCUT2D eigenvalue weighted by atomic mass is 9.91. The molecule has 0 fully saturated rings. The number of urea groups is 1. The molecule has 1 aliphatic heterocycles. The Kier molecular flexibility index (Phi) is 7.50. The fourth-order valence-corrected chi connectivity index (χ4v) is 3.87. The molecule has 33 heavy (non-hydrogen) atoms. The zero-order valence-corrected chi connectivity index (χ0v) is 19.8. The Bertz CT molecular complexity index is 1150. The van der Waals surface area contributed by atoms with Gasteiger partial charge in [0, 0.05) is 10.7 Å². The number of allylic oxidation sites excluding steroid dienone is 1. The standard InChI is InChI=1S/C23H22Cl2N2O6/c1-11(2)19-18(22(29)32-4)20(27-23(30)26-19)12-5-8-16(17(9-12)31-3)33-21(28)14-7-6-13(24)10-15(14)25/h5-11,20H,1-4H3,(H2,26,27,30). The molecule has 0 bridgehead atoms. The summed E-state index contributed by atoms with van der Waals surface area (Å²) in [5.41, 5.74) is 1.40. The average Bonchev–Trinajstić information content (AvgIpc) is 2.78. The van der Waals surface area contributed by atoms with Gasteiger partial charge in [0.05, 0.1) is 36.4 Å². The Balaban J connectivity index is 1.98. The molecule has 2 N–H and O–H groups in total. The van der Waals surface area contributed by atoms with Gasteiger partial charge in [-0.25, -0.2) is 14.4 Å². The Hall–Kier alpha value is -3.23. The number of esters is 2. The van der Waals surface area contributed by atoms with Crippen molar-refractivity contribution in [2.75, 3.05) is 14.2 Å². The lowest BCUT2D eigenvalue weighted by molar-refractivity contribution is -0.136. The highest BCUT2D eigenvalue weighted by atomic mass is 35.5. The van der Waals surface area contributed by atoms with E-state index in [0.717, 1.165) is 0 Å². The van der Waals surface area contributed by atoms with Gasteiger partial charge in [-0.3, -0.25) is 0 Å². The van der Waals surface area contributed by atoms with Gasteiger partial charge >= 0.3 is 18.0 Å². The number of carbonyl (C=O) groups excluding carboxylic acids is 3. The van der Waals surface area contributed by atoms with Crippen molar-refractivity contribution in [1.82, 2.24) is 10.6 Å². The van der Waals surface area contributed by atoms with E-state index in [-0.39, 0.29) is 33.6 Å². The van der Waals surface area contributed by atoms with Gasteiger partial charge in [-0.15, -0.1) is 0 Å². The number of carbonyl (C=O) groups is 3. The lowest BCUT2D eigenvalue weighted by Crippen LogP contribution is -2.47. The van der Waals surface area contributed by atoms with E-state index in [0.29, 0.717) is 16.3 Å². The van der Waals surface area contributed by atoms with Crippen LogP contribution in [0.3, 0.4) is 0 Å². The molecule has 1 aliphatic rings. The second kappa shape index (κ2) is 10.1. The molecule has 2 amide bonds. The third-order valence-electron chi connectivity index (χ3n) is 4.96. The molecular weight excluding hydrogens is 471 g/mol. The monoisotopic (exact) mass is 492 g/mol. The van der Waals surface area contributed by atoms with Crippen molar-refractivity contribution in [2.24, 2.45) is 5.92 Å². The lowest BCUT2D eigenvalue weighted by Gasteiger charge is -2.31. The van der Waals surface area contributed by atoms with E-state index >= 15 is 0 Å². The number of amides is 2. The topological polar surface area (TPSA) is 103 Å². The van der Waals surface area contributed by atoms with Gasteiger partial charge in [0.25, 0.3) is 0 Å². The van der Waals surface area contributed by atoms with E-state index in [1.165, 1.54) is 38.5 Å². The van der Waals surface area contributed by atoms with E-state index in [4.69, 9.17) is 37.4 Å². The fraction of sp³-hybridized carbons (Fsp3) is 0.261. The first-order valence-electron chi connectivity index (χ1n) is 9.91. The molecule has 0 saturated heterocycles. The maximum atomic E-state index is 12.6. The van der Waals surface area contributed by atoms with Gasteiger partial charge in [0.15, 0.2) is 11.5 Å². The summed E-state index contributed by atoms with van der Waals surface area (Å²) in [6.45, 7) is 3.71. The second-order valence-corrected chi connectivity index (χ2v) is 8.27. The molecule has 174 valence electrons. The Morgan fingerprint density at radius 2 is 1.73 bits per heavy atom. The first-order chi connectivity index (χ1) is 15.7. The van der Waals surface area contributed by atoms with Crippen LogP contribution in [0.25, 0.3) is 0 Å². The van der Waals surface area contributed by atoms with Crippen LogP contribution < -0.4 is 20.1 Å². The number of hydrogen-bond acceptors (Lipinski definition) is 6. The van der Waals surface area contributed by atoms with E-state index in [2.05, 4.69) is 10.6 Å². The van der Waals surface area contributed by atoms with Crippen LogP contribution in [0.2, 0.25) is 10.0 Å². The number of hydrogen-bond donors (Lipinski definition) is 2. The van der Waals surface area contributed by atoms with Gasteiger partial charge in [-0.2, -0.15) is 0 Å². The summed E-state index contributed by atoms with van der Waals surface area (Å²) < 4.78 is 15.8. The molecule has 0 spiro atoms. The van der Waals surface area contributed by atoms with Crippen LogP contribution >= 0.6 is 23.2 Å². The van der Waals surface area contributed by atoms with Crippen molar-refractivity contribution in [1.29, 1.82) is 0 Å². The molecule has 10 heteroatoms. The summed E-state index contributed by atoms with van der Waals surface area (Å²) in [4.78, 5) is 37.4. The fourth-order valence-electron chi connectivity index (χ4n) is 3.39. The van der Waals surface area contributed by atoms with Gasteiger partial charge < -0.3 is 24.8 Å². The zero-order valence-electron chi connectivity index (χ0n) is 18.3. The minimum atomic E-state index is -0.798. The maximum absolute atomic E-state index is 12.6. The Morgan fingerprint density at radius 1 is 1.00 bits per heavy atom. The third kappa shape index (κ3) is 5.23. The minimum absolute atomic E-state index is 0.130. The number of benzene rings is 2. The number of halogens is 2. The van der Waals surface area contributed by atoms with Crippen molar-refractivity contribution >= 4 is 41.2 Å². The van der Waals surface area contributed by atoms with E-state index in [1.807, 2.05) is 13.8 Å². The van der Waals surface area contributed by atoms with Crippen LogP contribution in [-0.4, -0.2) is 32.2 Å². The number of ether oxygens (including phenoxy) is 3. The van der Waals surface area contributed by atoms with E-state index < -0.39 is 24.0 Å². The maximum Gasteiger partial charge on any atom is 0.345 e. The molecule has 0 aliphatic carbocycles. The van der Waals surface area contributed by atoms with Crippen LogP contribution in [0.15, 0.2) is 47.7 Å². The molecule has 3 rings (SSSR count). The van der Waals surface area contributed by atoms with Gasteiger partial charge in [0.2, 0.25) is 0 Å². The Labute approximate surface area is 200 Å². The van der Waals surface area contributed by atoms with Crippen molar-refractivity contribution in [2.45, 2.75) is 19.9 Å². The van der Waals surface area contributed by atoms with Gasteiger partial charge in [0.1, 0.15) is 0 Å². The molecule has 2 aromatic carbocycles. The molecule has 0 aromatic heterocycles. The van der Waals surface area contributed by atoms with Crippen LogP contribution in [0.4, 0.5) is 4.79 Å². The molecular formula is C23H22Cl2N2O6. The van der Waals surface area contributed by atoms with E-state index in [9.17, 15) is 14.4 Å². The minimum Gasteiger partial charge on any atom is -0.493 e. The zero-order chi connectivity index (χ0) is 24.3. The normalized spacial score (nSPS) is 15.6. The first kappa shape index (κ1) is 24.4. The quantitative estimate of drug-likeness (QED) is 0.449. The van der Waals surface area contributed by atoms with E-state index in [1.54, 1.807) is 12.1 Å². The smallest absolute Gasteiger partial charge is 0.345 e. The highest BCUT2D eigenvalue weighted by Crippen LogP contribution is 2.36. The SMILES string of the molecule is COC(=O)C1=C(C(C)C)NC(=O)NC1c1ccc(OC(=O)c2ccc(Cl)cc2Cl)c(OC)c1. The van der Waals surface area contributed by atoms with Crippen molar-refractivity contribution in [3.8, 4) is 11.5 Å². The van der Waals surface area contributed by atoms with Crippen molar-refractivity contribution < 1.29 is 28.6 Å². The van der Waals surface area contributed by atoms with Crippen molar-refractivity contribution in [3.63, 3.8) is 0 Å². The average molecular weight is 493 g/mol. The molecule has 0 saturated carbocycles.